The van der Waals surface area contributed by atoms with Crippen LogP contribution in [-0.2, 0) is 33.6 Å². The number of fused-ring (bicyclic) bond motifs is 1. The van der Waals surface area contributed by atoms with Crippen LogP contribution in [0.1, 0.15) is 59.0 Å². The molecule has 2 N–H and O–H groups in total. The first kappa shape index (κ1) is 28.2. The van der Waals surface area contributed by atoms with Crippen LogP contribution < -0.4 is 10.6 Å². The first-order chi connectivity index (χ1) is 18.4. The van der Waals surface area contributed by atoms with E-state index in [0.29, 0.717) is 27.9 Å². The van der Waals surface area contributed by atoms with Gasteiger partial charge in [-0.3, -0.25) is 9.59 Å². The molecule has 1 aromatic heterocycles. The highest BCUT2D eigenvalue weighted by molar-refractivity contribution is 8.00. The monoisotopic (exact) mass is 570 g/mol. The Balaban J connectivity index is 1.37. The van der Waals surface area contributed by atoms with Crippen molar-refractivity contribution in [2.75, 3.05) is 23.0 Å². The number of hydrogen-bond donors (Lipinski definition) is 2. The average Bonchev–Trinajstić information content (AvgIpc) is 3.20. The third-order valence-corrected chi connectivity index (χ3v) is 8.62. The number of esters is 1. The normalized spacial score (nSPS) is 13.1. The lowest BCUT2D eigenvalue weighted by atomic mass is 9.96. The van der Waals surface area contributed by atoms with Gasteiger partial charge in [-0.15, -0.1) is 23.1 Å². The number of thiophene rings is 1. The first-order valence-electron chi connectivity index (χ1n) is 12.8. The smallest absolute Gasteiger partial charge is 0.341 e. The molecular formula is C29H31ClN2O4S2. The van der Waals surface area contributed by atoms with E-state index < -0.39 is 0 Å². The van der Waals surface area contributed by atoms with Gasteiger partial charge in [0.05, 0.1) is 24.3 Å². The molecule has 0 saturated carbocycles. The average molecular weight is 571 g/mol. The maximum atomic E-state index is 12.9. The van der Waals surface area contributed by atoms with E-state index in [1.54, 1.807) is 19.1 Å². The highest BCUT2D eigenvalue weighted by Crippen LogP contribution is 2.38. The van der Waals surface area contributed by atoms with Gasteiger partial charge in [-0.05, 0) is 74.1 Å². The fraction of sp³-hybridized carbons (Fsp3) is 0.345. The summed E-state index contributed by atoms with van der Waals surface area (Å²) in [6.45, 7) is 2.08. The molecule has 9 heteroatoms. The van der Waals surface area contributed by atoms with Gasteiger partial charge in [0.25, 0.3) is 0 Å². The molecule has 0 atom stereocenters. The summed E-state index contributed by atoms with van der Waals surface area (Å²) in [5.74, 6) is -0.512. The fourth-order valence-corrected chi connectivity index (χ4v) is 6.57. The van der Waals surface area contributed by atoms with Gasteiger partial charge in [-0.25, -0.2) is 4.79 Å². The number of nitrogens with one attached hydrogen (secondary N) is 2. The van der Waals surface area contributed by atoms with Gasteiger partial charge < -0.3 is 15.4 Å². The van der Waals surface area contributed by atoms with E-state index in [9.17, 15) is 14.4 Å². The second kappa shape index (κ2) is 13.8. The zero-order valence-electron chi connectivity index (χ0n) is 21.3. The maximum Gasteiger partial charge on any atom is 0.341 e. The quantitative estimate of drug-likeness (QED) is 0.211. The van der Waals surface area contributed by atoms with Crippen LogP contribution in [0.4, 0.5) is 10.7 Å². The van der Waals surface area contributed by atoms with Crippen LogP contribution >= 0.6 is 34.7 Å². The molecule has 0 spiro atoms. The largest absolute Gasteiger partial charge is 0.462 e. The molecular weight excluding hydrogens is 540 g/mol. The summed E-state index contributed by atoms with van der Waals surface area (Å²) in [6.07, 6.45) is 6.46. The molecule has 2 aromatic carbocycles. The van der Waals surface area contributed by atoms with E-state index in [0.717, 1.165) is 48.1 Å². The summed E-state index contributed by atoms with van der Waals surface area (Å²) < 4.78 is 5.33. The van der Waals surface area contributed by atoms with Crippen LogP contribution in [0.3, 0.4) is 0 Å². The highest BCUT2D eigenvalue weighted by atomic mass is 35.5. The number of benzene rings is 2. The minimum absolute atomic E-state index is 0.132. The Morgan fingerprint density at radius 1 is 0.974 bits per heavy atom. The van der Waals surface area contributed by atoms with Crippen LogP contribution in [-0.4, -0.2) is 30.1 Å². The summed E-state index contributed by atoms with van der Waals surface area (Å²) in [6, 6.07) is 14.6. The molecule has 1 heterocycles. The number of rotatable bonds is 9. The Kier molecular flexibility index (Phi) is 10.3. The molecule has 0 fully saturated rings. The number of ether oxygens (including phenoxy) is 1. The second-order valence-electron chi connectivity index (χ2n) is 9.06. The lowest BCUT2D eigenvalue weighted by Gasteiger charge is -2.11. The Morgan fingerprint density at radius 3 is 2.50 bits per heavy atom. The van der Waals surface area contributed by atoms with Crippen molar-refractivity contribution < 1.29 is 19.1 Å². The Morgan fingerprint density at radius 2 is 1.74 bits per heavy atom. The van der Waals surface area contributed by atoms with E-state index in [1.165, 1.54) is 34.4 Å². The van der Waals surface area contributed by atoms with E-state index in [1.807, 2.05) is 36.4 Å². The SMILES string of the molecule is CCOC(=O)c1c(NC(=O)CSc2cccc(NC(=O)Cc3ccc(Cl)cc3)c2)sc2c1CCCCCC2. The van der Waals surface area contributed by atoms with Gasteiger partial charge >= 0.3 is 5.97 Å². The van der Waals surface area contributed by atoms with Gasteiger partial charge in [0, 0.05) is 20.5 Å². The number of halogens is 1. The van der Waals surface area contributed by atoms with E-state index in [4.69, 9.17) is 16.3 Å². The molecule has 0 saturated heterocycles. The molecule has 200 valence electrons. The lowest BCUT2D eigenvalue weighted by molar-refractivity contribution is -0.115. The van der Waals surface area contributed by atoms with Crippen molar-refractivity contribution in [1.29, 1.82) is 0 Å². The summed E-state index contributed by atoms with van der Waals surface area (Å²) in [5.41, 5.74) is 3.10. The molecule has 1 aliphatic carbocycles. The van der Waals surface area contributed by atoms with Crippen LogP contribution in [0.2, 0.25) is 5.02 Å². The van der Waals surface area contributed by atoms with E-state index in [-0.39, 0.29) is 30.0 Å². The van der Waals surface area contributed by atoms with Crippen molar-refractivity contribution in [3.8, 4) is 0 Å². The Bertz CT molecular complexity index is 1290. The summed E-state index contributed by atoms with van der Waals surface area (Å²) in [7, 11) is 0. The van der Waals surface area contributed by atoms with Crippen molar-refractivity contribution in [2.24, 2.45) is 0 Å². The highest BCUT2D eigenvalue weighted by Gasteiger charge is 2.26. The molecule has 2 amide bonds. The number of carbonyl (C=O) groups excluding carboxylic acids is 3. The third kappa shape index (κ3) is 7.85. The Labute approximate surface area is 236 Å². The van der Waals surface area contributed by atoms with Gasteiger partial charge in [-0.2, -0.15) is 0 Å². The van der Waals surface area contributed by atoms with Gasteiger partial charge in [-0.1, -0.05) is 42.6 Å². The number of amides is 2. The zero-order valence-corrected chi connectivity index (χ0v) is 23.7. The van der Waals surface area contributed by atoms with Gasteiger partial charge in [0.1, 0.15) is 5.00 Å². The molecule has 0 aliphatic heterocycles. The van der Waals surface area contributed by atoms with Crippen molar-refractivity contribution in [2.45, 2.75) is 56.8 Å². The molecule has 4 rings (SSSR count). The van der Waals surface area contributed by atoms with E-state index in [2.05, 4.69) is 10.6 Å². The predicted molar refractivity (Wildman–Crippen MR) is 156 cm³/mol. The summed E-state index contributed by atoms with van der Waals surface area (Å²) in [5, 5.41) is 7.10. The molecule has 0 unspecified atom stereocenters. The standard InChI is InChI=1S/C29H31ClN2O4S2/c1-2-36-29(35)27-23-10-5-3-4-6-11-24(23)38-28(27)32-26(34)18-37-22-9-7-8-21(17-22)31-25(33)16-19-12-14-20(30)15-13-19/h7-9,12-15,17H,2-6,10-11,16,18H2,1H3,(H,31,33)(H,32,34). The number of carbonyl (C=O) groups is 3. The maximum absolute atomic E-state index is 12.9. The van der Waals surface area contributed by atoms with Crippen molar-refractivity contribution in [1.82, 2.24) is 0 Å². The van der Waals surface area contributed by atoms with Crippen LogP contribution in [0.15, 0.2) is 53.4 Å². The zero-order chi connectivity index (χ0) is 26.9. The van der Waals surface area contributed by atoms with Crippen LogP contribution in [0.25, 0.3) is 0 Å². The predicted octanol–water partition coefficient (Wildman–Crippen LogP) is 7.15. The number of aryl methyl sites for hydroxylation is 1. The van der Waals surface area contributed by atoms with Crippen LogP contribution in [0.5, 0.6) is 0 Å². The topological polar surface area (TPSA) is 84.5 Å². The molecule has 6 nitrogen and oxygen atoms in total. The lowest BCUT2D eigenvalue weighted by Crippen LogP contribution is -2.17. The number of thioether (sulfide) groups is 1. The number of anilines is 2. The first-order valence-corrected chi connectivity index (χ1v) is 15.0. The van der Waals surface area contributed by atoms with Crippen LogP contribution in [0, 0.1) is 0 Å². The molecule has 38 heavy (non-hydrogen) atoms. The second-order valence-corrected chi connectivity index (χ2v) is 11.6. The fourth-order valence-electron chi connectivity index (χ4n) is 4.39. The van der Waals surface area contributed by atoms with Crippen molar-refractivity contribution >= 4 is 63.2 Å². The van der Waals surface area contributed by atoms with Gasteiger partial charge in [0.15, 0.2) is 0 Å². The van der Waals surface area contributed by atoms with Crippen molar-refractivity contribution in [3.05, 3.63) is 75.1 Å². The molecule has 0 radical (unpaired) electrons. The van der Waals surface area contributed by atoms with Gasteiger partial charge in [0.2, 0.25) is 11.8 Å². The summed E-state index contributed by atoms with van der Waals surface area (Å²) >= 11 is 8.78. The minimum Gasteiger partial charge on any atom is -0.462 e. The Hall–Kier alpha value is -2.81. The number of hydrogen-bond acceptors (Lipinski definition) is 6. The van der Waals surface area contributed by atoms with Crippen molar-refractivity contribution in [3.63, 3.8) is 0 Å². The van der Waals surface area contributed by atoms with E-state index >= 15 is 0 Å². The minimum atomic E-state index is -0.365. The molecule has 0 bridgehead atoms. The third-order valence-electron chi connectivity index (χ3n) is 6.17. The summed E-state index contributed by atoms with van der Waals surface area (Å²) in [4.78, 5) is 40.2. The molecule has 1 aliphatic rings. The molecule has 3 aromatic rings.